The van der Waals surface area contributed by atoms with E-state index in [2.05, 4.69) is 33.4 Å². The molecule has 0 saturated heterocycles. The lowest BCUT2D eigenvalue weighted by Gasteiger charge is -2.12. The Morgan fingerprint density at radius 1 is 1.12 bits per heavy atom. The Labute approximate surface area is 196 Å². The summed E-state index contributed by atoms with van der Waals surface area (Å²) < 4.78 is 12.7. The third kappa shape index (κ3) is 4.63. The van der Waals surface area contributed by atoms with E-state index in [0.29, 0.717) is 12.4 Å². The van der Waals surface area contributed by atoms with Gasteiger partial charge in [0.25, 0.3) is 0 Å². The van der Waals surface area contributed by atoms with E-state index < -0.39 is 0 Å². The van der Waals surface area contributed by atoms with Crippen molar-refractivity contribution in [3.05, 3.63) is 88.6 Å². The smallest absolute Gasteiger partial charge is 0.248 e. The number of ether oxygens (including phenoxy) is 1. The van der Waals surface area contributed by atoms with E-state index in [0.717, 1.165) is 49.0 Å². The molecule has 162 valence electrons. The number of allylic oxidation sites excluding steroid dienone is 1. The molecule has 5 heteroatoms. The van der Waals surface area contributed by atoms with Gasteiger partial charge in [-0.3, -0.25) is 4.79 Å². The maximum absolute atomic E-state index is 12.7. The fraction of sp³-hybridized carbons (Fsp3) is 0.148. The minimum Gasteiger partial charge on any atom is -0.493 e. The molecule has 1 N–H and O–H groups in total. The first-order valence-electron chi connectivity index (χ1n) is 10.5. The van der Waals surface area contributed by atoms with Crippen LogP contribution in [0.3, 0.4) is 0 Å². The monoisotopic (exact) mass is 489 g/mol. The van der Waals surface area contributed by atoms with E-state index >= 15 is 0 Å². The SMILES string of the molecule is CCOc1cc2occ(-c3ccccc3)c2cc1/C(C)=C/C(=O)Nc1ccc(Br)c(C)c1. The molecular formula is C27H24BrNO3. The fourth-order valence-electron chi connectivity index (χ4n) is 3.65. The van der Waals surface area contributed by atoms with Gasteiger partial charge in [0.1, 0.15) is 11.3 Å². The van der Waals surface area contributed by atoms with Crippen molar-refractivity contribution in [1.82, 2.24) is 0 Å². The Hall–Kier alpha value is -3.31. The van der Waals surface area contributed by atoms with Gasteiger partial charge in [0.2, 0.25) is 5.91 Å². The molecule has 4 nitrogen and oxygen atoms in total. The molecule has 0 fully saturated rings. The summed E-state index contributed by atoms with van der Waals surface area (Å²) in [7, 11) is 0. The van der Waals surface area contributed by atoms with Crippen LogP contribution in [0.2, 0.25) is 0 Å². The number of carbonyl (C=O) groups is 1. The van der Waals surface area contributed by atoms with Crippen molar-refractivity contribution in [3.63, 3.8) is 0 Å². The molecule has 4 aromatic rings. The quantitative estimate of drug-likeness (QED) is 0.283. The molecule has 0 saturated carbocycles. The standard InChI is InChI=1S/C27H24BrNO3/c1-4-31-25-15-26-22(23(16-32-26)19-8-6-5-7-9-19)14-21(25)17(2)13-27(30)29-20-10-11-24(28)18(3)12-20/h5-16H,4H2,1-3H3,(H,29,30)/b17-13+. The maximum atomic E-state index is 12.7. The highest BCUT2D eigenvalue weighted by molar-refractivity contribution is 9.10. The zero-order valence-corrected chi connectivity index (χ0v) is 19.8. The number of rotatable bonds is 6. The van der Waals surface area contributed by atoms with Gasteiger partial charge in [-0.15, -0.1) is 0 Å². The average molecular weight is 490 g/mol. The number of anilines is 1. The second-order valence-electron chi connectivity index (χ2n) is 7.57. The molecule has 0 aliphatic heterocycles. The van der Waals surface area contributed by atoms with E-state index in [9.17, 15) is 4.79 Å². The van der Waals surface area contributed by atoms with Crippen LogP contribution < -0.4 is 10.1 Å². The number of halogens is 1. The highest BCUT2D eigenvalue weighted by Gasteiger charge is 2.15. The van der Waals surface area contributed by atoms with E-state index in [-0.39, 0.29) is 5.91 Å². The fourth-order valence-corrected chi connectivity index (χ4v) is 3.90. The van der Waals surface area contributed by atoms with Crippen molar-refractivity contribution >= 4 is 44.1 Å². The maximum Gasteiger partial charge on any atom is 0.248 e. The van der Waals surface area contributed by atoms with Gasteiger partial charge in [0, 0.05) is 38.8 Å². The summed E-state index contributed by atoms with van der Waals surface area (Å²) in [6, 6.07) is 19.8. The number of hydrogen-bond donors (Lipinski definition) is 1. The summed E-state index contributed by atoms with van der Waals surface area (Å²) in [5, 5.41) is 3.91. The highest BCUT2D eigenvalue weighted by atomic mass is 79.9. The van der Waals surface area contributed by atoms with Crippen molar-refractivity contribution in [2.24, 2.45) is 0 Å². The van der Waals surface area contributed by atoms with Gasteiger partial charge in [-0.1, -0.05) is 46.3 Å². The van der Waals surface area contributed by atoms with Crippen molar-refractivity contribution in [2.75, 3.05) is 11.9 Å². The molecule has 0 aliphatic carbocycles. The minimum absolute atomic E-state index is 0.192. The van der Waals surface area contributed by atoms with Crippen molar-refractivity contribution < 1.29 is 13.9 Å². The number of aryl methyl sites for hydroxylation is 1. The summed E-state index contributed by atoms with van der Waals surface area (Å²) in [5.41, 5.74) is 6.31. The van der Waals surface area contributed by atoms with Gasteiger partial charge in [0.05, 0.1) is 12.9 Å². The summed E-state index contributed by atoms with van der Waals surface area (Å²) in [6.07, 6.45) is 3.37. The molecule has 0 bridgehead atoms. The van der Waals surface area contributed by atoms with Crippen LogP contribution in [0, 0.1) is 6.92 Å². The van der Waals surface area contributed by atoms with Crippen LogP contribution in [-0.2, 0) is 4.79 Å². The Bertz CT molecular complexity index is 1310. The molecule has 0 spiro atoms. The summed E-state index contributed by atoms with van der Waals surface area (Å²) in [5.74, 6) is 0.497. The Morgan fingerprint density at radius 3 is 2.62 bits per heavy atom. The number of amides is 1. The Kier molecular flexibility index (Phi) is 6.47. The predicted octanol–water partition coefficient (Wildman–Crippen LogP) is 7.61. The van der Waals surface area contributed by atoms with E-state index in [1.165, 1.54) is 0 Å². The largest absolute Gasteiger partial charge is 0.493 e. The molecule has 4 rings (SSSR count). The summed E-state index contributed by atoms with van der Waals surface area (Å²) in [6.45, 7) is 6.35. The first-order valence-corrected chi connectivity index (χ1v) is 11.2. The van der Waals surface area contributed by atoms with Crippen LogP contribution in [0.4, 0.5) is 5.69 Å². The topological polar surface area (TPSA) is 51.5 Å². The van der Waals surface area contributed by atoms with E-state index in [1.54, 1.807) is 12.3 Å². The van der Waals surface area contributed by atoms with Gasteiger partial charge in [-0.25, -0.2) is 0 Å². The van der Waals surface area contributed by atoms with Crippen LogP contribution in [-0.4, -0.2) is 12.5 Å². The minimum atomic E-state index is -0.192. The molecule has 3 aromatic carbocycles. The molecule has 0 radical (unpaired) electrons. The van der Waals surface area contributed by atoms with Gasteiger partial charge in [-0.05, 0) is 61.7 Å². The van der Waals surface area contributed by atoms with E-state index in [1.807, 2.05) is 69.3 Å². The zero-order chi connectivity index (χ0) is 22.7. The number of benzene rings is 3. The molecule has 0 aliphatic rings. The van der Waals surface area contributed by atoms with Crippen LogP contribution >= 0.6 is 15.9 Å². The molecule has 32 heavy (non-hydrogen) atoms. The van der Waals surface area contributed by atoms with Crippen LogP contribution in [0.5, 0.6) is 5.75 Å². The van der Waals surface area contributed by atoms with Crippen molar-refractivity contribution in [3.8, 4) is 16.9 Å². The Morgan fingerprint density at radius 2 is 1.91 bits per heavy atom. The van der Waals surface area contributed by atoms with Gasteiger partial charge < -0.3 is 14.5 Å². The van der Waals surface area contributed by atoms with Crippen LogP contribution in [0.15, 0.2) is 81.9 Å². The van der Waals surface area contributed by atoms with Crippen molar-refractivity contribution in [2.45, 2.75) is 20.8 Å². The summed E-state index contributed by atoms with van der Waals surface area (Å²) in [4.78, 5) is 12.7. The third-order valence-electron chi connectivity index (χ3n) is 5.26. The first-order chi connectivity index (χ1) is 15.5. The lowest BCUT2D eigenvalue weighted by Crippen LogP contribution is -2.09. The number of carbonyl (C=O) groups excluding carboxylic acids is 1. The Balaban J connectivity index is 1.71. The van der Waals surface area contributed by atoms with Gasteiger partial charge in [-0.2, -0.15) is 0 Å². The molecular weight excluding hydrogens is 466 g/mol. The van der Waals surface area contributed by atoms with Gasteiger partial charge in [0.15, 0.2) is 0 Å². The number of furan rings is 1. The number of hydrogen-bond acceptors (Lipinski definition) is 3. The molecule has 0 atom stereocenters. The molecule has 1 aromatic heterocycles. The zero-order valence-electron chi connectivity index (χ0n) is 18.2. The van der Waals surface area contributed by atoms with Crippen molar-refractivity contribution in [1.29, 1.82) is 0 Å². The molecule has 0 unspecified atom stereocenters. The predicted molar refractivity (Wildman–Crippen MR) is 134 cm³/mol. The highest BCUT2D eigenvalue weighted by Crippen LogP contribution is 2.37. The van der Waals surface area contributed by atoms with Crippen LogP contribution in [0.1, 0.15) is 25.0 Å². The van der Waals surface area contributed by atoms with E-state index in [4.69, 9.17) is 9.15 Å². The first kappa shape index (κ1) is 21.9. The second-order valence-corrected chi connectivity index (χ2v) is 8.43. The lowest BCUT2D eigenvalue weighted by atomic mass is 9.99. The summed E-state index contributed by atoms with van der Waals surface area (Å²) >= 11 is 3.48. The number of fused-ring (bicyclic) bond motifs is 1. The third-order valence-corrected chi connectivity index (χ3v) is 6.15. The van der Waals surface area contributed by atoms with Gasteiger partial charge >= 0.3 is 0 Å². The average Bonchev–Trinajstić information content (AvgIpc) is 3.19. The normalized spacial score (nSPS) is 11.6. The second kappa shape index (κ2) is 9.45. The lowest BCUT2D eigenvalue weighted by molar-refractivity contribution is -0.111. The number of nitrogens with one attached hydrogen (secondary N) is 1. The molecule has 1 heterocycles. The molecule has 1 amide bonds. The van der Waals surface area contributed by atoms with Crippen LogP contribution in [0.25, 0.3) is 27.7 Å².